The summed E-state index contributed by atoms with van der Waals surface area (Å²) >= 11 is 6.14. The lowest BCUT2D eigenvalue weighted by Crippen LogP contribution is -2.19. The number of nitrogens with one attached hydrogen (secondary N) is 1. The number of carbonyl (C=O) groups is 1. The van der Waals surface area contributed by atoms with E-state index in [0.717, 1.165) is 34.5 Å². The maximum Gasteiger partial charge on any atom is 0.282 e. The van der Waals surface area contributed by atoms with Gasteiger partial charge in [0.1, 0.15) is 5.56 Å². The molecule has 1 aliphatic rings. The molecule has 0 spiro atoms. The van der Waals surface area contributed by atoms with Gasteiger partial charge >= 0.3 is 0 Å². The minimum absolute atomic E-state index is 0.000891. The minimum Gasteiger partial charge on any atom is -0.267 e. The molecule has 1 aliphatic heterocycles. The largest absolute Gasteiger partial charge is 0.282 e. The zero-order valence-corrected chi connectivity index (χ0v) is 21.7. The van der Waals surface area contributed by atoms with Crippen molar-refractivity contribution in [1.82, 2.24) is 5.43 Å². The summed E-state index contributed by atoms with van der Waals surface area (Å²) < 4.78 is 0. The normalized spacial score (nSPS) is 14.9. The number of hydrazone groups is 2. The molecule has 0 unspecified atom stereocenters. The summed E-state index contributed by atoms with van der Waals surface area (Å²) in [6, 6.07) is 29.5. The van der Waals surface area contributed by atoms with Crippen LogP contribution in [0.3, 0.4) is 0 Å². The number of rotatable bonds is 7. The van der Waals surface area contributed by atoms with E-state index in [0.29, 0.717) is 5.02 Å². The molecule has 4 aromatic carbocycles. The fourth-order valence-corrected chi connectivity index (χ4v) is 4.50. The van der Waals surface area contributed by atoms with Crippen LogP contribution in [0.4, 0.5) is 11.4 Å². The summed E-state index contributed by atoms with van der Waals surface area (Å²) in [7, 11) is 0. The molecule has 1 amide bonds. The molecule has 4 aromatic rings. The number of halogens is 1. The molecule has 0 saturated carbocycles. The second-order valence-corrected chi connectivity index (χ2v) is 9.53. The highest BCUT2D eigenvalue weighted by Crippen LogP contribution is 2.37. The van der Waals surface area contributed by atoms with Gasteiger partial charge in [-0.05, 0) is 53.9 Å². The Bertz CT molecular complexity index is 1570. The fraction of sp³-hybridized carbons (Fsp3) is 0.100. The van der Waals surface area contributed by atoms with Crippen molar-refractivity contribution in [2.45, 2.75) is 19.4 Å². The number of hydrogen-bond acceptors (Lipinski definition) is 6. The highest BCUT2D eigenvalue weighted by Gasteiger charge is 2.30. The van der Waals surface area contributed by atoms with Gasteiger partial charge in [0, 0.05) is 17.5 Å². The first-order valence-electron chi connectivity index (χ1n) is 12.2. The van der Waals surface area contributed by atoms with E-state index >= 15 is 0 Å². The van der Waals surface area contributed by atoms with Crippen LogP contribution < -0.4 is 10.4 Å². The summed E-state index contributed by atoms with van der Waals surface area (Å²) in [6.07, 6.45) is 2.23. The van der Waals surface area contributed by atoms with E-state index < -0.39 is 10.8 Å². The molecule has 0 bridgehead atoms. The first kappa shape index (κ1) is 25.8. The SMILES string of the molecule is Cc1ccc(C2=NN(c3ccc(/C=N\NC(=O)c4ccccc4[N+](=O)[O-])cc3)[C@@H](c3ccc(Cl)cc3)C2)cc1. The fourth-order valence-electron chi connectivity index (χ4n) is 4.38. The summed E-state index contributed by atoms with van der Waals surface area (Å²) in [5.41, 5.74) is 8.05. The Kier molecular flexibility index (Phi) is 7.47. The van der Waals surface area contributed by atoms with Crippen molar-refractivity contribution in [2.75, 3.05) is 5.01 Å². The van der Waals surface area contributed by atoms with E-state index in [1.165, 1.54) is 30.0 Å². The third-order valence-electron chi connectivity index (χ3n) is 6.43. The number of aryl methyl sites for hydroxylation is 1. The molecule has 39 heavy (non-hydrogen) atoms. The van der Waals surface area contributed by atoms with Crippen molar-refractivity contribution >= 4 is 40.8 Å². The van der Waals surface area contributed by atoms with E-state index in [9.17, 15) is 14.9 Å². The number of nitro groups is 1. The van der Waals surface area contributed by atoms with Crippen molar-refractivity contribution in [3.8, 4) is 0 Å². The Labute approximate surface area is 230 Å². The van der Waals surface area contributed by atoms with Gasteiger partial charge in [-0.2, -0.15) is 10.2 Å². The monoisotopic (exact) mass is 537 g/mol. The van der Waals surface area contributed by atoms with Crippen LogP contribution in [0.25, 0.3) is 0 Å². The van der Waals surface area contributed by atoms with Gasteiger partial charge in [0.25, 0.3) is 11.6 Å². The van der Waals surface area contributed by atoms with Gasteiger partial charge in [-0.1, -0.05) is 77.8 Å². The number of para-hydroxylation sites is 1. The predicted molar refractivity (Wildman–Crippen MR) is 154 cm³/mol. The van der Waals surface area contributed by atoms with Crippen molar-refractivity contribution in [2.24, 2.45) is 10.2 Å². The molecular weight excluding hydrogens is 514 g/mol. The van der Waals surface area contributed by atoms with Crippen LogP contribution in [-0.4, -0.2) is 22.8 Å². The zero-order valence-electron chi connectivity index (χ0n) is 21.0. The van der Waals surface area contributed by atoms with E-state index in [1.54, 1.807) is 6.07 Å². The molecule has 8 nitrogen and oxygen atoms in total. The Balaban J connectivity index is 1.35. The number of nitro benzene ring substituents is 1. The van der Waals surface area contributed by atoms with Crippen LogP contribution in [0, 0.1) is 17.0 Å². The van der Waals surface area contributed by atoms with E-state index in [2.05, 4.69) is 41.7 Å². The molecule has 1 N–H and O–H groups in total. The third-order valence-corrected chi connectivity index (χ3v) is 6.68. The maximum absolute atomic E-state index is 12.4. The number of amides is 1. The van der Waals surface area contributed by atoms with Crippen molar-refractivity contribution in [3.63, 3.8) is 0 Å². The second kappa shape index (κ2) is 11.3. The highest BCUT2D eigenvalue weighted by atomic mass is 35.5. The first-order valence-corrected chi connectivity index (χ1v) is 12.6. The van der Waals surface area contributed by atoms with Crippen LogP contribution in [0.15, 0.2) is 107 Å². The number of anilines is 1. The van der Waals surface area contributed by atoms with E-state index in [4.69, 9.17) is 16.7 Å². The van der Waals surface area contributed by atoms with Crippen LogP contribution in [0.1, 0.15) is 45.1 Å². The Morgan fingerprint density at radius 3 is 2.41 bits per heavy atom. The van der Waals surface area contributed by atoms with Crippen molar-refractivity contribution in [1.29, 1.82) is 0 Å². The average Bonchev–Trinajstić information content (AvgIpc) is 3.39. The van der Waals surface area contributed by atoms with Crippen LogP contribution in [0.2, 0.25) is 5.02 Å². The molecule has 0 aliphatic carbocycles. The highest BCUT2D eigenvalue weighted by molar-refractivity contribution is 6.30. The van der Waals surface area contributed by atoms with Gasteiger partial charge in [-0.3, -0.25) is 19.9 Å². The lowest BCUT2D eigenvalue weighted by molar-refractivity contribution is -0.385. The Morgan fingerprint density at radius 2 is 1.72 bits per heavy atom. The van der Waals surface area contributed by atoms with Crippen LogP contribution in [0.5, 0.6) is 0 Å². The molecule has 0 aromatic heterocycles. The number of hydrogen-bond donors (Lipinski definition) is 1. The van der Waals surface area contributed by atoms with E-state index in [1.807, 2.05) is 53.5 Å². The Hall–Kier alpha value is -4.82. The third kappa shape index (κ3) is 5.86. The first-order chi connectivity index (χ1) is 18.9. The van der Waals surface area contributed by atoms with Gasteiger partial charge in [-0.25, -0.2) is 5.43 Å². The summed E-state index contributed by atoms with van der Waals surface area (Å²) in [6.45, 7) is 2.06. The van der Waals surface area contributed by atoms with Gasteiger partial charge < -0.3 is 0 Å². The minimum atomic E-state index is -0.656. The molecule has 1 heterocycles. The van der Waals surface area contributed by atoms with Gasteiger partial charge in [0.05, 0.1) is 28.6 Å². The quantitative estimate of drug-likeness (QED) is 0.161. The topological polar surface area (TPSA) is 100 Å². The molecule has 0 radical (unpaired) electrons. The number of nitrogens with zero attached hydrogens (tertiary/aromatic N) is 4. The van der Waals surface area contributed by atoms with Gasteiger partial charge in [0.2, 0.25) is 0 Å². The predicted octanol–water partition coefficient (Wildman–Crippen LogP) is 6.68. The molecule has 1 atom stereocenters. The zero-order chi connectivity index (χ0) is 27.4. The van der Waals surface area contributed by atoms with Crippen LogP contribution in [-0.2, 0) is 0 Å². The molecule has 0 fully saturated rings. The van der Waals surface area contributed by atoms with Gasteiger partial charge in [0.15, 0.2) is 0 Å². The lowest BCUT2D eigenvalue weighted by Gasteiger charge is -2.24. The van der Waals surface area contributed by atoms with Gasteiger partial charge in [-0.15, -0.1) is 0 Å². The van der Waals surface area contributed by atoms with Crippen LogP contribution >= 0.6 is 11.6 Å². The Morgan fingerprint density at radius 1 is 1.03 bits per heavy atom. The second-order valence-electron chi connectivity index (χ2n) is 9.09. The number of benzene rings is 4. The summed E-state index contributed by atoms with van der Waals surface area (Å²) in [5.74, 6) is -0.656. The maximum atomic E-state index is 12.4. The summed E-state index contributed by atoms with van der Waals surface area (Å²) in [4.78, 5) is 23.0. The summed E-state index contributed by atoms with van der Waals surface area (Å²) in [5, 5.41) is 22.8. The molecule has 0 saturated heterocycles. The molecular formula is C30H24ClN5O3. The molecule has 194 valence electrons. The van der Waals surface area contributed by atoms with E-state index in [-0.39, 0.29) is 17.3 Å². The average molecular weight is 538 g/mol. The molecule has 9 heteroatoms. The lowest BCUT2D eigenvalue weighted by atomic mass is 9.98. The standard InChI is InChI=1S/C30H24ClN5O3/c1-20-6-10-22(11-7-20)27-18-29(23-12-14-24(31)15-13-23)35(34-27)25-16-8-21(9-17-25)19-32-33-30(37)26-4-2-3-5-28(26)36(38)39/h2-17,19,29H,18H2,1H3,(H,33,37)/b32-19-/t29-/m1/s1. The van der Waals surface area contributed by atoms with Crippen molar-refractivity contribution < 1.29 is 9.72 Å². The van der Waals surface area contributed by atoms with Crippen molar-refractivity contribution in [3.05, 3.63) is 140 Å². The molecule has 5 rings (SSSR count). The number of carbonyl (C=O) groups excluding carboxylic acids is 1. The smallest absolute Gasteiger partial charge is 0.267 e.